The van der Waals surface area contributed by atoms with Crippen LogP contribution in [0.5, 0.6) is 0 Å². The highest BCUT2D eigenvalue weighted by Gasteiger charge is 2.29. The van der Waals surface area contributed by atoms with Crippen LogP contribution >= 0.6 is 0 Å². The molecule has 0 saturated heterocycles. The Balaban J connectivity index is 3.46. The molecule has 0 amide bonds. The van der Waals surface area contributed by atoms with E-state index in [1.807, 2.05) is 0 Å². The fourth-order valence-corrected chi connectivity index (χ4v) is 1.40. The van der Waals surface area contributed by atoms with Gasteiger partial charge in [0.25, 0.3) is 5.56 Å². The predicted octanol–water partition coefficient (Wildman–Crippen LogP) is 1.40. The highest BCUT2D eigenvalue weighted by Crippen LogP contribution is 2.17. The highest BCUT2D eigenvalue weighted by molar-refractivity contribution is 5.97. The first-order chi connectivity index (χ1) is 8.65. The number of ketones is 1. The van der Waals surface area contributed by atoms with Crippen LogP contribution < -0.4 is 5.56 Å². The summed E-state index contributed by atoms with van der Waals surface area (Å²) < 4.78 is 41.5. The molecule has 0 aromatic carbocycles. The first-order valence-corrected chi connectivity index (χ1v) is 5.06. The van der Waals surface area contributed by atoms with Crippen molar-refractivity contribution in [3.63, 3.8) is 0 Å². The van der Waals surface area contributed by atoms with Crippen molar-refractivity contribution >= 4 is 11.8 Å². The van der Waals surface area contributed by atoms with Crippen molar-refractivity contribution in [3.8, 4) is 0 Å². The molecule has 19 heavy (non-hydrogen) atoms. The molecule has 104 valence electrons. The standard InChI is InChI=1S/C11H10F3NO4/c1-6(16)7-3-8(10(18)19-2)9(17)15(4-7)5-11(12,13)14/h3-4H,5H2,1-2H3. The molecular weight excluding hydrogens is 267 g/mol. The van der Waals surface area contributed by atoms with E-state index in [0.717, 1.165) is 26.3 Å². The lowest BCUT2D eigenvalue weighted by Crippen LogP contribution is -2.32. The summed E-state index contributed by atoms with van der Waals surface area (Å²) in [5, 5.41) is 0. The van der Waals surface area contributed by atoms with Gasteiger partial charge in [-0.05, 0) is 13.0 Å². The van der Waals surface area contributed by atoms with Crippen LogP contribution in [0.15, 0.2) is 17.1 Å². The van der Waals surface area contributed by atoms with Gasteiger partial charge in [0.05, 0.1) is 7.11 Å². The van der Waals surface area contributed by atoms with Crippen LogP contribution in [0, 0.1) is 0 Å². The van der Waals surface area contributed by atoms with Crippen LogP contribution in [0.1, 0.15) is 27.6 Å². The zero-order valence-electron chi connectivity index (χ0n) is 10.1. The number of methoxy groups -OCH3 is 1. The van der Waals surface area contributed by atoms with Gasteiger partial charge in [0.2, 0.25) is 0 Å². The van der Waals surface area contributed by atoms with E-state index in [-0.39, 0.29) is 10.1 Å². The summed E-state index contributed by atoms with van der Waals surface area (Å²) in [7, 11) is 0.982. The van der Waals surface area contributed by atoms with Gasteiger partial charge in [-0.25, -0.2) is 4.79 Å². The molecule has 1 rings (SSSR count). The maximum absolute atomic E-state index is 12.3. The summed E-state index contributed by atoms with van der Waals surface area (Å²) in [6.07, 6.45) is -3.88. The number of pyridine rings is 1. The normalized spacial score (nSPS) is 11.2. The molecule has 0 spiro atoms. The molecule has 5 nitrogen and oxygen atoms in total. The molecule has 1 heterocycles. The number of carbonyl (C=O) groups is 2. The van der Waals surface area contributed by atoms with E-state index >= 15 is 0 Å². The Kier molecular flexibility index (Phi) is 4.13. The van der Waals surface area contributed by atoms with Crippen molar-refractivity contribution in [2.45, 2.75) is 19.6 Å². The van der Waals surface area contributed by atoms with Crippen LogP contribution in [0.4, 0.5) is 13.2 Å². The van der Waals surface area contributed by atoms with Crippen LogP contribution in [-0.2, 0) is 11.3 Å². The van der Waals surface area contributed by atoms with Crippen molar-refractivity contribution < 1.29 is 27.5 Å². The Bertz CT molecular complexity index is 574. The minimum Gasteiger partial charge on any atom is -0.465 e. The number of nitrogens with zero attached hydrogens (tertiary/aromatic N) is 1. The summed E-state index contributed by atoms with van der Waals surface area (Å²) in [4.78, 5) is 34.2. The summed E-state index contributed by atoms with van der Waals surface area (Å²) in [6.45, 7) is -0.476. The number of rotatable bonds is 3. The Morgan fingerprint density at radius 1 is 1.37 bits per heavy atom. The zero-order chi connectivity index (χ0) is 14.8. The molecule has 1 aromatic rings. The Morgan fingerprint density at radius 2 is 1.95 bits per heavy atom. The van der Waals surface area contributed by atoms with Gasteiger partial charge in [0, 0.05) is 11.8 Å². The van der Waals surface area contributed by atoms with E-state index in [9.17, 15) is 27.6 Å². The topological polar surface area (TPSA) is 65.4 Å². The molecule has 0 radical (unpaired) electrons. The van der Waals surface area contributed by atoms with E-state index in [4.69, 9.17) is 0 Å². The Labute approximate surface area is 105 Å². The van der Waals surface area contributed by atoms with Crippen molar-refractivity contribution in [2.75, 3.05) is 7.11 Å². The van der Waals surface area contributed by atoms with Crippen molar-refractivity contribution in [1.29, 1.82) is 0 Å². The van der Waals surface area contributed by atoms with Gasteiger partial charge in [-0.1, -0.05) is 0 Å². The summed E-state index contributed by atoms with van der Waals surface area (Å²) >= 11 is 0. The van der Waals surface area contributed by atoms with Crippen LogP contribution in [0.25, 0.3) is 0 Å². The third kappa shape index (κ3) is 3.67. The number of hydrogen-bond acceptors (Lipinski definition) is 4. The van der Waals surface area contributed by atoms with Crippen LogP contribution in [-0.4, -0.2) is 29.6 Å². The second kappa shape index (κ2) is 5.25. The third-order valence-corrected chi connectivity index (χ3v) is 2.25. The van der Waals surface area contributed by atoms with Gasteiger partial charge < -0.3 is 9.30 Å². The summed E-state index contributed by atoms with van der Waals surface area (Å²) in [6, 6.07) is 0.920. The number of aromatic nitrogens is 1. The molecule has 0 aliphatic rings. The molecule has 8 heteroatoms. The maximum atomic E-state index is 12.3. The highest BCUT2D eigenvalue weighted by atomic mass is 19.4. The van der Waals surface area contributed by atoms with Crippen LogP contribution in [0.2, 0.25) is 0 Å². The molecule has 1 aromatic heterocycles. The second-order valence-corrected chi connectivity index (χ2v) is 3.74. The zero-order valence-corrected chi connectivity index (χ0v) is 10.1. The van der Waals surface area contributed by atoms with Gasteiger partial charge in [-0.15, -0.1) is 0 Å². The van der Waals surface area contributed by atoms with E-state index in [1.54, 1.807) is 0 Å². The minimum absolute atomic E-state index is 0.177. The van der Waals surface area contributed by atoms with Crippen molar-refractivity contribution in [2.24, 2.45) is 0 Å². The van der Waals surface area contributed by atoms with Gasteiger partial charge in [0.1, 0.15) is 12.1 Å². The molecule has 0 saturated carbocycles. The monoisotopic (exact) mass is 277 g/mol. The number of hydrogen-bond donors (Lipinski definition) is 0. The van der Waals surface area contributed by atoms with E-state index in [2.05, 4.69) is 4.74 Å². The number of esters is 1. The quantitative estimate of drug-likeness (QED) is 0.618. The van der Waals surface area contributed by atoms with E-state index in [0.29, 0.717) is 0 Å². The van der Waals surface area contributed by atoms with Crippen LogP contribution in [0.3, 0.4) is 0 Å². The average Bonchev–Trinajstić information content (AvgIpc) is 2.28. The SMILES string of the molecule is COC(=O)c1cc(C(C)=O)cn(CC(F)(F)F)c1=O. The molecule has 0 aliphatic carbocycles. The first kappa shape index (κ1) is 14.9. The van der Waals surface area contributed by atoms with Gasteiger partial charge >= 0.3 is 12.1 Å². The van der Waals surface area contributed by atoms with Gasteiger partial charge in [-0.3, -0.25) is 9.59 Å². The fourth-order valence-electron chi connectivity index (χ4n) is 1.40. The van der Waals surface area contributed by atoms with Gasteiger partial charge in [0.15, 0.2) is 5.78 Å². The Hall–Kier alpha value is -2.12. The molecule has 0 N–H and O–H groups in total. The first-order valence-electron chi connectivity index (χ1n) is 5.06. The number of Topliss-reactive ketones (excluding diaryl/α,β-unsaturated/α-hetero) is 1. The van der Waals surface area contributed by atoms with E-state index < -0.39 is 35.6 Å². The van der Waals surface area contributed by atoms with Gasteiger partial charge in [-0.2, -0.15) is 13.2 Å². The van der Waals surface area contributed by atoms with E-state index in [1.165, 1.54) is 0 Å². The third-order valence-electron chi connectivity index (χ3n) is 2.25. The largest absolute Gasteiger partial charge is 0.465 e. The average molecular weight is 277 g/mol. The molecule has 0 fully saturated rings. The maximum Gasteiger partial charge on any atom is 0.406 e. The second-order valence-electron chi connectivity index (χ2n) is 3.74. The molecule has 0 bridgehead atoms. The molecule has 0 aliphatic heterocycles. The molecule has 0 atom stereocenters. The summed E-state index contributed by atoms with van der Waals surface area (Å²) in [5.41, 5.74) is -1.95. The lowest BCUT2D eigenvalue weighted by Gasteiger charge is -2.11. The molecular formula is C11H10F3NO4. The molecule has 0 unspecified atom stereocenters. The number of alkyl halides is 3. The van der Waals surface area contributed by atoms with Crippen molar-refractivity contribution in [3.05, 3.63) is 33.7 Å². The van der Waals surface area contributed by atoms with Crippen molar-refractivity contribution in [1.82, 2.24) is 4.57 Å². The number of ether oxygens (including phenoxy) is 1. The summed E-state index contributed by atoms with van der Waals surface area (Å²) in [5.74, 6) is -1.66. The minimum atomic E-state index is -4.65. The Morgan fingerprint density at radius 3 is 2.37 bits per heavy atom. The fraction of sp³-hybridized carbons (Fsp3) is 0.364. The number of carbonyl (C=O) groups excluding carboxylic acids is 2. The lowest BCUT2D eigenvalue weighted by molar-refractivity contribution is -0.141. The lowest BCUT2D eigenvalue weighted by atomic mass is 10.1. The number of halogens is 3. The predicted molar refractivity (Wildman–Crippen MR) is 58.1 cm³/mol. The smallest absolute Gasteiger partial charge is 0.406 e.